The van der Waals surface area contributed by atoms with Crippen LogP contribution in [0.15, 0.2) is 0 Å². The molecule has 68 valence electrons. The van der Waals surface area contributed by atoms with Crippen LogP contribution in [0.5, 0.6) is 0 Å². The van der Waals surface area contributed by atoms with Crippen LogP contribution in [0, 0.1) is 0 Å². The molecule has 0 saturated heterocycles. The molecule has 0 aromatic carbocycles. The Labute approximate surface area is 77.9 Å². The average molecular weight is 194 g/mol. The molecule has 0 saturated carbocycles. The molecule has 1 nitrogen and oxygen atoms in total. The minimum absolute atomic E-state index is 0.108. The first-order valence-corrected chi connectivity index (χ1v) is 6.56. The summed E-state index contributed by atoms with van der Waals surface area (Å²) in [6.07, 6.45) is 0. The van der Waals surface area contributed by atoms with Crippen LogP contribution in [0.2, 0.25) is 5.54 Å². The molecule has 3 heteroatoms. The molecule has 1 unspecified atom stereocenters. The second-order valence-corrected chi connectivity index (χ2v) is 7.18. The van der Waals surface area contributed by atoms with Crippen molar-refractivity contribution in [3.05, 3.63) is 0 Å². The van der Waals surface area contributed by atoms with Crippen molar-refractivity contribution in [2.75, 3.05) is 13.1 Å². The molecule has 0 heterocycles. The molecule has 0 amide bonds. The molecular formula is C8H20ClNSi. The monoisotopic (exact) mass is 193 g/mol. The summed E-state index contributed by atoms with van der Waals surface area (Å²) in [5.74, 6) is 0. The zero-order chi connectivity index (χ0) is 8.85. The number of hydrogen-bond donors (Lipinski definition) is 0. The molecule has 0 bridgehead atoms. The number of nitrogens with zero attached hydrogens (tertiary/aromatic N) is 1. The Morgan fingerprint density at radius 3 is 2.00 bits per heavy atom. The number of alkyl halides is 1. The number of rotatable bonds is 5. The average Bonchev–Trinajstić information content (AvgIpc) is 1.88. The van der Waals surface area contributed by atoms with Gasteiger partial charge in [0.05, 0.1) is 14.6 Å². The highest BCUT2D eigenvalue weighted by atomic mass is 35.5. The molecular weight excluding hydrogens is 174 g/mol. The first kappa shape index (κ1) is 11.5. The molecule has 0 aromatic heterocycles. The van der Waals surface area contributed by atoms with Gasteiger partial charge in [-0.2, -0.15) is 0 Å². The minimum Gasteiger partial charge on any atom is -0.291 e. The molecule has 11 heavy (non-hydrogen) atoms. The summed E-state index contributed by atoms with van der Waals surface area (Å²) in [4.78, 5) is 2.34. The number of halogens is 1. The van der Waals surface area contributed by atoms with E-state index in [0.717, 1.165) is 18.6 Å². The summed E-state index contributed by atoms with van der Waals surface area (Å²) in [6.45, 7) is 11.1. The normalized spacial score (nSPS) is 15.5. The summed E-state index contributed by atoms with van der Waals surface area (Å²) >= 11 is 6.23. The van der Waals surface area contributed by atoms with Crippen LogP contribution < -0.4 is 0 Å². The second kappa shape index (κ2) is 6.04. The van der Waals surface area contributed by atoms with Crippen molar-refractivity contribution in [3.8, 4) is 0 Å². The van der Waals surface area contributed by atoms with Crippen LogP contribution in [0.4, 0.5) is 0 Å². The summed E-state index contributed by atoms with van der Waals surface area (Å²) < 4.78 is 0. The van der Waals surface area contributed by atoms with E-state index in [2.05, 4.69) is 32.6 Å². The van der Waals surface area contributed by atoms with Crippen molar-refractivity contribution in [1.82, 2.24) is 4.90 Å². The van der Waals surface area contributed by atoms with Crippen LogP contribution in [0.1, 0.15) is 27.7 Å². The SMILES string of the molecule is CCN(CC)C(Cl)[SiH2]C(C)C. The molecule has 0 rings (SSSR count). The smallest absolute Gasteiger partial charge is 0.0682 e. The third-order valence-corrected chi connectivity index (χ3v) is 4.53. The van der Waals surface area contributed by atoms with E-state index < -0.39 is 0 Å². The van der Waals surface area contributed by atoms with Crippen molar-refractivity contribution >= 4 is 21.1 Å². The van der Waals surface area contributed by atoms with Gasteiger partial charge in [-0.15, -0.1) is 11.6 Å². The van der Waals surface area contributed by atoms with Gasteiger partial charge in [-0.05, 0) is 13.1 Å². The maximum absolute atomic E-state index is 6.23. The van der Waals surface area contributed by atoms with E-state index in [-0.39, 0.29) is 9.52 Å². The van der Waals surface area contributed by atoms with E-state index in [4.69, 9.17) is 11.6 Å². The van der Waals surface area contributed by atoms with Crippen molar-refractivity contribution in [3.63, 3.8) is 0 Å². The van der Waals surface area contributed by atoms with Crippen molar-refractivity contribution in [2.45, 2.75) is 38.4 Å². The highest BCUT2D eigenvalue weighted by Crippen LogP contribution is 2.09. The zero-order valence-electron chi connectivity index (χ0n) is 8.10. The Morgan fingerprint density at radius 2 is 1.73 bits per heavy atom. The van der Waals surface area contributed by atoms with Gasteiger partial charge in [-0.1, -0.05) is 33.2 Å². The summed E-state index contributed by atoms with van der Waals surface area (Å²) in [5.41, 5.74) is 0.832. The minimum atomic E-state index is -0.108. The topological polar surface area (TPSA) is 3.24 Å². The van der Waals surface area contributed by atoms with Crippen LogP contribution in [-0.4, -0.2) is 32.6 Å². The quantitative estimate of drug-likeness (QED) is 0.366. The van der Waals surface area contributed by atoms with E-state index in [9.17, 15) is 0 Å². The fourth-order valence-electron chi connectivity index (χ4n) is 1.16. The molecule has 0 radical (unpaired) electrons. The van der Waals surface area contributed by atoms with Gasteiger partial charge in [0.2, 0.25) is 0 Å². The predicted molar refractivity (Wildman–Crippen MR) is 56.2 cm³/mol. The maximum atomic E-state index is 6.23. The van der Waals surface area contributed by atoms with E-state index >= 15 is 0 Å². The number of hydrogen-bond acceptors (Lipinski definition) is 1. The molecule has 0 aliphatic rings. The van der Waals surface area contributed by atoms with Gasteiger partial charge in [-0.25, -0.2) is 0 Å². The summed E-state index contributed by atoms with van der Waals surface area (Å²) in [5, 5.41) is 0.366. The maximum Gasteiger partial charge on any atom is 0.0682 e. The van der Waals surface area contributed by atoms with E-state index in [0.29, 0.717) is 5.12 Å². The lowest BCUT2D eigenvalue weighted by Crippen LogP contribution is -2.36. The van der Waals surface area contributed by atoms with Gasteiger partial charge in [0, 0.05) is 0 Å². The Bertz CT molecular complexity index is 94.1. The Kier molecular flexibility index (Phi) is 6.29. The predicted octanol–water partition coefficient (Wildman–Crippen LogP) is 1.85. The van der Waals surface area contributed by atoms with Gasteiger partial charge in [0.15, 0.2) is 0 Å². The van der Waals surface area contributed by atoms with Gasteiger partial charge in [0.1, 0.15) is 0 Å². The highest BCUT2D eigenvalue weighted by molar-refractivity contribution is 6.53. The van der Waals surface area contributed by atoms with Gasteiger partial charge in [0.25, 0.3) is 0 Å². The summed E-state index contributed by atoms with van der Waals surface area (Å²) in [6, 6.07) is 0. The third kappa shape index (κ3) is 4.83. The van der Waals surface area contributed by atoms with E-state index in [1.165, 1.54) is 0 Å². The van der Waals surface area contributed by atoms with Crippen molar-refractivity contribution < 1.29 is 0 Å². The van der Waals surface area contributed by atoms with Gasteiger partial charge in [-0.3, -0.25) is 4.90 Å². The van der Waals surface area contributed by atoms with E-state index in [1.807, 2.05) is 0 Å². The van der Waals surface area contributed by atoms with Crippen molar-refractivity contribution in [2.24, 2.45) is 0 Å². The third-order valence-electron chi connectivity index (χ3n) is 1.87. The van der Waals surface area contributed by atoms with Crippen molar-refractivity contribution in [1.29, 1.82) is 0 Å². The molecule has 0 aliphatic carbocycles. The lowest BCUT2D eigenvalue weighted by Gasteiger charge is -2.25. The molecule has 1 atom stereocenters. The van der Waals surface area contributed by atoms with Gasteiger partial charge >= 0.3 is 0 Å². The standard InChI is InChI=1S/C8H20ClNSi/c1-5-10(6-2)8(9)11-7(3)4/h7-8H,5-6,11H2,1-4H3. The molecule has 0 aromatic rings. The van der Waals surface area contributed by atoms with Gasteiger partial charge < -0.3 is 0 Å². The Hall–Kier alpha value is 0.467. The zero-order valence-corrected chi connectivity index (χ0v) is 10.3. The Morgan fingerprint density at radius 1 is 1.27 bits per heavy atom. The van der Waals surface area contributed by atoms with Crippen LogP contribution in [0.25, 0.3) is 0 Å². The second-order valence-electron chi connectivity index (χ2n) is 3.29. The lowest BCUT2D eigenvalue weighted by atomic mass is 10.6. The van der Waals surface area contributed by atoms with Crippen LogP contribution in [-0.2, 0) is 0 Å². The largest absolute Gasteiger partial charge is 0.291 e. The molecule has 0 fully saturated rings. The van der Waals surface area contributed by atoms with Crippen LogP contribution >= 0.6 is 11.6 Å². The first-order valence-electron chi connectivity index (χ1n) is 4.49. The molecule has 0 N–H and O–H groups in total. The molecule has 0 aliphatic heterocycles. The van der Waals surface area contributed by atoms with Crippen LogP contribution in [0.3, 0.4) is 0 Å². The fraction of sp³-hybridized carbons (Fsp3) is 1.00. The van der Waals surface area contributed by atoms with E-state index in [1.54, 1.807) is 0 Å². The Balaban J connectivity index is 3.68. The molecule has 0 spiro atoms. The first-order chi connectivity index (χ1) is 5.11. The summed E-state index contributed by atoms with van der Waals surface area (Å²) in [7, 11) is -0.108. The highest BCUT2D eigenvalue weighted by Gasteiger charge is 2.13. The lowest BCUT2D eigenvalue weighted by molar-refractivity contribution is 0.327. The fourth-order valence-corrected chi connectivity index (χ4v) is 4.10.